The van der Waals surface area contributed by atoms with Crippen molar-refractivity contribution in [3.63, 3.8) is 0 Å². The van der Waals surface area contributed by atoms with Crippen molar-refractivity contribution in [3.8, 4) is 17.1 Å². The highest BCUT2D eigenvalue weighted by Crippen LogP contribution is 2.41. The number of halogens is 1. The number of nitrogens with one attached hydrogen (secondary N) is 3. The summed E-state index contributed by atoms with van der Waals surface area (Å²) in [6.45, 7) is 0. The van der Waals surface area contributed by atoms with Crippen molar-refractivity contribution in [2.75, 3.05) is 7.11 Å². The molecule has 2 aromatic heterocycles. The molecule has 3 atom stereocenters. The summed E-state index contributed by atoms with van der Waals surface area (Å²) in [5.41, 5.74) is 0.764. The van der Waals surface area contributed by atoms with E-state index in [0.29, 0.717) is 25.0 Å². The zero-order valence-electron chi connectivity index (χ0n) is 21.5. The summed E-state index contributed by atoms with van der Waals surface area (Å²) in [5, 5.41) is 13.4. The predicted octanol–water partition coefficient (Wildman–Crippen LogP) is 2.71. The van der Waals surface area contributed by atoms with E-state index in [4.69, 9.17) is 4.74 Å². The molecule has 4 fully saturated rings. The Morgan fingerprint density at radius 3 is 2.53 bits per heavy atom. The van der Waals surface area contributed by atoms with E-state index in [1.54, 1.807) is 6.07 Å². The number of ether oxygens (including phenoxy) is 1. The first-order valence-corrected chi connectivity index (χ1v) is 13.5. The molecule has 4 aliphatic rings. The minimum Gasteiger partial charge on any atom is -0.481 e. The molecular formula is C27H33FN6O4. The largest absolute Gasteiger partial charge is 0.481 e. The molecule has 3 N–H and O–H groups in total. The van der Waals surface area contributed by atoms with E-state index in [1.807, 2.05) is 4.90 Å². The lowest BCUT2D eigenvalue weighted by molar-refractivity contribution is -0.128. The second-order valence-electron chi connectivity index (χ2n) is 11.3. The van der Waals surface area contributed by atoms with Crippen molar-refractivity contribution in [1.29, 1.82) is 0 Å². The number of fused-ring (bicyclic) bond motifs is 2. The van der Waals surface area contributed by atoms with Crippen LogP contribution in [-0.2, 0) is 9.59 Å². The molecule has 0 unspecified atom stereocenters. The first kappa shape index (κ1) is 24.8. The Hall–Kier alpha value is -3.50. The molecule has 1 saturated carbocycles. The molecule has 3 amide bonds. The van der Waals surface area contributed by atoms with Gasteiger partial charge in [0, 0.05) is 47.6 Å². The maximum absolute atomic E-state index is 14.4. The summed E-state index contributed by atoms with van der Waals surface area (Å²) in [6, 6.07) is 3.12. The van der Waals surface area contributed by atoms with Crippen molar-refractivity contribution < 1.29 is 23.5 Å². The monoisotopic (exact) mass is 524 g/mol. The number of aromatic amines is 1. The van der Waals surface area contributed by atoms with Gasteiger partial charge in [-0.25, -0.2) is 9.37 Å². The van der Waals surface area contributed by atoms with Crippen molar-refractivity contribution in [3.05, 3.63) is 29.8 Å². The average molecular weight is 525 g/mol. The fourth-order valence-electron chi connectivity index (χ4n) is 6.94. The third-order valence-electron chi connectivity index (χ3n) is 8.99. The van der Waals surface area contributed by atoms with Crippen LogP contribution in [0.25, 0.3) is 11.3 Å². The SMILES string of the molecule is COc1cc(-c2cc(C(=O)N3[C@@H]4CC[C@H]3C[C@H](C(=O)N[C@H]3CC[C@]5(CCC(=O)N5)CC3)C4)n[nH]2)c(F)cn1. The number of carbonyl (C=O) groups excluding carboxylic acids is 3. The molecular weight excluding hydrogens is 491 g/mol. The van der Waals surface area contributed by atoms with E-state index >= 15 is 0 Å². The molecule has 1 spiro atoms. The van der Waals surface area contributed by atoms with Crippen molar-refractivity contribution in [1.82, 2.24) is 30.7 Å². The van der Waals surface area contributed by atoms with Gasteiger partial charge in [0.2, 0.25) is 17.7 Å². The molecule has 38 heavy (non-hydrogen) atoms. The van der Waals surface area contributed by atoms with Gasteiger partial charge in [-0.3, -0.25) is 19.5 Å². The predicted molar refractivity (Wildman–Crippen MR) is 135 cm³/mol. The highest BCUT2D eigenvalue weighted by Gasteiger charge is 2.46. The Bertz CT molecular complexity index is 1240. The van der Waals surface area contributed by atoms with E-state index in [1.165, 1.54) is 13.2 Å². The number of H-pyrrole nitrogens is 1. The number of amides is 3. The van der Waals surface area contributed by atoms with Crippen LogP contribution >= 0.6 is 0 Å². The van der Waals surface area contributed by atoms with Crippen molar-refractivity contribution >= 4 is 17.7 Å². The van der Waals surface area contributed by atoms with E-state index in [-0.39, 0.29) is 64.4 Å². The van der Waals surface area contributed by atoms with Crippen LogP contribution in [0, 0.1) is 11.7 Å². The van der Waals surface area contributed by atoms with Gasteiger partial charge in [-0.1, -0.05) is 0 Å². The van der Waals surface area contributed by atoms with E-state index in [9.17, 15) is 18.8 Å². The summed E-state index contributed by atoms with van der Waals surface area (Å²) in [6.07, 6.45) is 9.12. The van der Waals surface area contributed by atoms with Crippen molar-refractivity contribution in [2.24, 2.45) is 5.92 Å². The highest BCUT2D eigenvalue weighted by molar-refractivity contribution is 5.94. The summed E-state index contributed by atoms with van der Waals surface area (Å²) in [7, 11) is 1.45. The normalized spacial score (nSPS) is 30.4. The maximum atomic E-state index is 14.4. The number of aromatic nitrogens is 3. The molecule has 0 radical (unpaired) electrons. The Labute approximate surface area is 220 Å². The lowest BCUT2D eigenvalue weighted by atomic mass is 9.78. The number of piperidine rings is 1. The van der Waals surface area contributed by atoms with Crippen LogP contribution in [0.3, 0.4) is 0 Å². The second-order valence-corrected chi connectivity index (χ2v) is 11.3. The van der Waals surface area contributed by atoms with E-state index < -0.39 is 5.82 Å². The summed E-state index contributed by atoms with van der Waals surface area (Å²) < 4.78 is 19.4. The van der Waals surface area contributed by atoms with Crippen LogP contribution in [0.5, 0.6) is 5.88 Å². The minimum atomic E-state index is -0.540. The summed E-state index contributed by atoms with van der Waals surface area (Å²) in [4.78, 5) is 44.0. The van der Waals surface area contributed by atoms with Gasteiger partial charge in [-0.05, 0) is 63.9 Å². The third-order valence-corrected chi connectivity index (χ3v) is 8.99. The minimum absolute atomic E-state index is 0.0155. The fraction of sp³-hybridized carbons (Fsp3) is 0.593. The molecule has 11 heteroatoms. The molecule has 10 nitrogen and oxygen atoms in total. The first-order chi connectivity index (χ1) is 18.3. The Kier molecular flexibility index (Phi) is 6.31. The quantitative estimate of drug-likeness (QED) is 0.552. The van der Waals surface area contributed by atoms with Gasteiger partial charge in [0.05, 0.1) is 19.0 Å². The molecule has 0 aromatic carbocycles. The van der Waals surface area contributed by atoms with Gasteiger partial charge in [0.15, 0.2) is 11.5 Å². The molecule has 3 aliphatic heterocycles. The standard InChI is InChI=1S/C27H33FN6O4/c1-38-24-12-19(20(28)14-29-24)21-13-22(33-32-21)26(37)34-17-2-3-18(34)11-15(10-17)25(36)30-16-4-7-27(8-5-16)9-6-23(35)31-27/h12-18H,2-11H2,1H3,(H,30,36)(H,31,35)(H,32,33)/t15-,16-,17-,18+,27+. The van der Waals surface area contributed by atoms with Crippen LogP contribution in [0.1, 0.15) is 74.7 Å². The number of nitrogens with zero attached hydrogens (tertiary/aromatic N) is 3. The number of hydrogen-bond donors (Lipinski definition) is 3. The van der Waals surface area contributed by atoms with Crippen molar-refractivity contribution in [2.45, 2.75) is 87.9 Å². The van der Waals surface area contributed by atoms with Gasteiger partial charge >= 0.3 is 0 Å². The molecule has 5 heterocycles. The number of rotatable bonds is 5. The Balaban J connectivity index is 1.07. The fourth-order valence-corrected chi connectivity index (χ4v) is 6.94. The van der Waals surface area contributed by atoms with Gasteiger partial charge in [-0.2, -0.15) is 5.10 Å². The highest BCUT2D eigenvalue weighted by atomic mass is 19.1. The summed E-state index contributed by atoms with van der Waals surface area (Å²) >= 11 is 0. The lowest BCUT2D eigenvalue weighted by Crippen LogP contribution is -2.52. The molecule has 6 rings (SSSR count). The molecule has 3 saturated heterocycles. The van der Waals surface area contributed by atoms with Crippen LogP contribution in [0.4, 0.5) is 4.39 Å². The zero-order chi connectivity index (χ0) is 26.4. The Morgan fingerprint density at radius 1 is 1.13 bits per heavy atom. The van der Waals surface area contributed by atoms with Gasteiger partial charge in [0.25, 0.3) is 5.91 Å². The zero-order valence-corrected chi connectivity index (χ0v) is 21.5. The Morgan fingerprint density at radius 2 is 1.87 bits per heavy atom. The van der Waals surface area contributed by atoms with Crippen LogP contribution in [0.15, 0.2) is 18.3 Å². The van der Waals surface area contributed by atoms with Gasteiger partial charge in [-0.15, -0.1) is 0 Å². The first-order valence-electron chi connectivity index (χ1n) is 13.5. The van der Waals surface area contributed by atoms with E-state index in [0.717, 1.165) is 51.1 Å². The number of hydrogen-bond acceptors (Lipinski definition) is 6. The summed E-state index contributed by atoms with van der Waals surface area (Å²) in [5.74, 6) is -0.375. The number of methoxy groups -OCH3 is 1. The van der Waals surface area contributed by atoms with E-state index in [2.05, 4.69) is 25.8 Å². The van der Waals surface area contributed by atoms with Crippen LogP contribution in [-0.4, -0.2) is 68.6 Å². The lowest BCUT2D eigenvalue weighted by Gasteiger charge is -2.40. The van der Waals surface area contributed by atoms with Gasteiger partial charge in [0.1, 0.15) is 0 Å². The third kappa shape index (κ3) is 4.52. The van der Waals surface area contributed by atoms with Gasteiger partial charge < -0.3 is 20.3 Å². The number of pyridine rings is 1. The number of carbonyl (C=O) groups is 3. The molecule has 202 valence electrons. The average Bonchev–Trinajstić information content (AvgIpc) is 3.61. The maximum Gasteiger partial charge on any atom is 0.274 e. The second kappa shape index (κ2) is 9.67. The smallest absolute Gasteiger partial charge is 0.274 e. The molecule has 2 aromatic rings. The van der Waals surface area contributed by atoms with Crippen LogP contribution < -0.4 is 15.4 Å². The molecule has 1 aliphatic carbocycles. The topological polar surface area (TPSA) is 129 Å². The molecule has 2 bridgehead atoms. The van der Waals surface area contributed by atoms with Crippen LogP contribution in [0.2, 0.25) is 0 Å².